The zero-order valence-corrected chi connectivity index (χ0v) is 5.79. The summed E-state index contributed by atoms with van der Waals surface area (Å²) in [4.78, 5) is 10.9. The second-order valence-electron chi connectivity index (χ2n) is 2.74. The van der Waals surface area contributed by atoms with Gasteiger partial charge in [0.2, 0.25) is 0 Å². The number of ketones is 1. The van der Waals surface area contributed by atoms with Gasteiger partial charge in [0.15, 0.2) is 0 Å². The van der Waals surface area contributed by atoms with Crippen molar-refractivity contribution in [2.75, 3.05) is 13.2 Å². The summed E-state index contributed by atoms with van der Waals surface area (Å²) in [5.41, 5.74) is 0. The molecular weight excluding hydrogens is 132 g/mol. The van der Waals surface area contributed by atoms with E-state index in [2.05, 4.69) is 0 Å². The minimum absolute atomic E-state index is 0.0116. The topological polar surface area (TPSA) is 57.5 Å². The zero-order valence-electron chi connectivity index (χ0n) is 5.79. The number of carbonyl (C=O) groups excluding carboxylic acids is 1. The van der Waals surface area contributed by atoms with Crippen molar-refractivity contribution in [3.05, 3.63) is 0 Å². The van der Waals surface area contributed by atoms with E-state index in [1.807, 2.05) is 0 Å². The molecule has 0 amide bonds. The molecule has 0 aromatic heterocycles. The van der Waals surface area contributed by atoms with Gasteiger partial charge in [-0.1, -0.05) is 0 Å². The highest BCUT2D eigenvalue weighted by molar-refractivity contribution is 5.83. The van der Waals surface area contributed by atoms with Gasteiger partial charge in [0.1, 0.15) is 5.78 Å². The Morgan fingerprint density at radius 2 is 2.10 bits per heavy atom. The van der Waals surface area contributed by atoms with Crippen LogP contribution in [0.5, 0.6) is 0 Å². The first-order valence-electron chi connectivity index (χ1n) is 3.54. The lowest BCUT2D eigenvalue weighted by Gasteiger charge is -2.11. The summed E-state index contributed by atoms with van der Waals surface area (Å²) in [6, 6.07) is 0. The fourth-order valence-corrected chi connectivity index (χ4v) is 1.45. The van der Waals surface area contributed by atoms with Gasteiger partial charge < -0.3 is 10.2 Å². The number of aliphatic hydroxyl groups is 2. The molecule has 1 aliphatic rings. The van der Waals surface area contributed by atoms with Gasteiger partial charge in [0.05, 0.1) is 6.61 Å². The maximum atomic E-state index is 10.9. The van der Waals surface area contributed by atoms with Crippen LogP contribution in [-0.4, -0.2) is 29.2 Å². The van der Waals surface area contributed by atoms with Crippen molar-refractivity contribution in [2.24, 2.45) is 11.8 Å². The molecule has 1 saturated carbocycles. The van der Waals surface area contributed by atoms with Crippen molar-refractivity contribution in [2.45, 2.75) is 12.8 Å². The van der Waals surface area contributed by atoms with Crippen molar-refractivity contribution in [3.8, 4) is 0 Å². The van der Waals surface area contributed by atoms with E-state index >= 15 is 0 Å². The lowest BCUT2D eigenvalue weighted by molar-refractivity contribution is -0.122. The van der Waals surface area contributed by atoms with E-state index in [0.29, 0.717) is 6.42 Å². The molecule has 0 aliphatic heterocycles. The lowest BCUT2D eigenvalue weighted by Crippen LogP contribution is -2.21. The number of rotatable bonds is 2. The van der Waals surface area contributed by atoms with Crippen LogP contribution in [0.15, 0.2) is 0 Å². The quantitative estimate of drug-likeness (QED) is 0.552. The van der Waals surface area contributed by atoms with Crippen LogP contribution in [0.1, 0.15) is 12.8 Å². The van der Waals surface area contributed by atoms with Crippen LogP contribution < -0.4 is 0 Å². The van der Waals surface area contributed by atoms with Crippen molar-refractivity contribution < 1.29 is 15.0 Å². The van der Waals surface area contributed by atoms with Gasteiger partial charge in [-0.15, -0.1) is 0 Å². The van der Waals surface area contributed by atoms with Crippen molar-refractivity contribution in [1.29, 1.82) is 0 Å². The summed E-state index contributed by atoms with van der Waals surface area (Å²) in [5, 5.41) is 17.4. The summed E-state index contributed by atoms with van der Waals surface area (Å²) in [6.07, 6.45) is 1.26. The Bertz CT molecular complexity index is 133. The van der Waals surface area contributed by atoms with Gasteiger partial charge in [-0.05, 0) is 12.3 Å². The van der Waals surface area contributed by atoms with Crippen LogP contribution in [0, 0.1) is 11.8 Å². The monoisotopic (exact) mass is 144 g/mol. The van der Waals surface area contributed by atoms with E-state index in [9.17, 15) is 4.79 Å². The largest absolute Gasteiger partial charge is 0.396 e. The highest BCUT2D eigenvalue weighted by atomic mass is 16.3. The van der Waals surface area contributed by atoms with Crippen molar-refractivity contribution >= 4 is 5.78 Å². The second kappa shape index (κ2) is 3.12. The molecular formula is C7H12O3. The molecule has 1 aliphatic carbocycles. The summed E-state index contributed by atoms with van der Waals surface area (Å²) < 4.78 is 0. The van der Waals surface area contributed by atoms with E-state index in [0.717, 1.165) is 6.42 Å². The molecule has 1 rings (SSSR count). The minimum atomic E-state index is -0.287. The van der Waals surface area contributed by atoms with Crippen molar-refractivity contribution in [1.82, 2.24) is 0 Å². The molecule has 0 aromatic rings. The number of carbonyl (C=O) groups is 1. The molecule has 0 unspecified atom stereocenters. The van der Waals surface area contributed by atoms with Crippen LogP contribution in [0.25, 0.3) is 0 Å². The summed E-state index contributed by atoms with van der Waals surface area (Å²) >= 11 is 0. The number of Topliss-reactive ketones (excluding diaryl/α,β-unsaturated/α-hetero) is 1. The van der Waals surface area contributed by atoms with Crippen LogP contribution in [0.4, 0.5) is 0 Å². The molecule has 0 radical (unpaired) electrons. The summed E-state index contributed by atoms with van der Waals surface area (Å²) in [5.74, 6) is -0.177. The second-order valence-corrected chi connectivity index (χ2v) is 2.74. The average Bonchev–Trinajstić information content (AvgIpc) is 2.30. The normalized spacial score (nSPS) is 33.2. The van der Waals surface area contributed by atoms with Crippen LogP contribution in [0.2, 0.25) is 0 Å². The molecule has 3 heteroatoms. The van der Waals surface area contributed by atoms with Gasteiger partial charge in [-0.2, -0.15) is 0 Å². The van der Waals surface area contributed by atoms with Gasteiger partial charge >= 0.3 is 0 Å². The first-order chi connectivity index (χ1) is 4.79. The molecule has 1 fully saturated rings. The highest BCUT2D eigenvalue weighted by Gasteiger charge is 2.33. The van der Waals surface area contributed by atoms with Crippen LogP contribution >= 0.6 is 0 Å². The Kier molecular flexibility index (Phi) is 2.40. The standard InChI is InChI=1S/C7H12O3/c8-3-5-1-2-7(10)6(5)4-9/h5-6,8-9H,1-4H2/t5-,6+/m0/s1. The Labute approximate surface area is 59.7 Å². The third kappa shape index (κ3) is 1.20. The van der Waals surface area contributed by atoms with Gasteiger partial charge in [0.25, 0.3) is 0 Å². The Morgan fingerprint density at radius 3 is 2.50 bits per heavy atom. The fourth-order valence-electron chi connectivity index (χ4n) is 1.45. The third-order valence-electron chi connectivity index (χ3n) is 2.18. The van der Waals surface area contributed by atoms with E-state index in [1.165, 1.54) is 0 Å². The predicted molar refractivity (Wildman–Crippen MR) is 35.4 cm³/mol. The SMILES string of the molecule is O=C1CC[C@@H](CO)[C@H]1CO. The lowest BCUT2D eigenvalue weighted by atomic mass is 9.98. The zero-order chi connectivity index (χ0) is 7.56. The third-order valence-corrected chi connectivity index (χ3v) is 2.18. The van der Waals surface area contributed by atoms with Gasteiger partial charge in [0, 0.05) is 18.9 Å². The molecule has 2 atom stereocenters. The Balaban J connectivity index is 2.54. The predicted octanol–water partition coefficient (Wildman–Crippen LogP) is -0.434. The smallest absolute Gasteiger partial charge is 0.138 e. The number of hydrogen-bond acceptors (Lipinski definition) is 3. The van der Waals surface area contributed by atoms with E-state index in [-0.39, 0.29) is 30.8 Å². The van der Waals surface area contributed by atoms with Gasteiger partial charge in [-0.3, -0.25) is 4.79 Å². The maximum absolute atomic E-state index is 10.9. The number of aliphatic hydroxyl groups excluding tert-OH is 2. The highest BCUT2D eigenvalue weighted by Crippen LogP contribution is 2.27. The van der Waals surface area contributed by atoms with Crippen LogP contribution in [-0.2, 0) is 4.79 Å². The minimum Gasteiger partial charge on any atom is -0.396 e. The van der Waals surface area contributed by atoms with E-state index in [1.54, 1.807) is 0 Å². The molecule has 0 spiro atoms. The fraction of sp³-hybridized carbons (Fsp3) is 0.857. The van der Waals surface area contributed by atoms with E-state index < -0.39 is 0 Å². The molecule has 58 valence electrons. The maximum Gasteiger partial charge on any atom is 0.138 e. The molecule has 2 N–H and O–H groups in total. The van der Waals surface area contributed by atoms with E-state index in [4.69, 9.17) is 10.2 Å². The van der Waals surface area contributed by atoms with Gasteiger partial charge in [-0.25, -0.2) is 0 Å². The molecule has 0 saturated heterocycles. The average molecular weight is 144 g/mol. The molecule has 3 nitrogen and oxygen atoms in total. The summed E-state index contributed by atoms with van der Waals surface area (Å²) in [6.45, 7) is -0.0823. The molecule has 10 heavy (non-hydrogen) atoms. The Morgan fingerprint density at radius 1 is 1.40 bits per heavy atom. The van der Waals surface area contributed by atoms with Crippen LogP contribution in [0.3, 0.4) is 0 Å². The number of hydrogen-bond donors (Lipinski definition) is 2. The first kappa shape index (κ1) is 7.69. The van der Waals surface area contributed by atoms with Crippen molar-refractivity contribution in [3.63, 3.8) is 0 Å². The molecule has 0 aromatic carbocycles. The Hall–Kier alpha value is -0.410. The summed E-state index contributed by atoms with van der Waals surface area (Å²) in [7, 11) is 0. The molecule has 0 heterocycles. The first-order valence-corrected chi connectivity index (χ1v) is 3.54. The molecule has 0 bridgehead atoms.